The second-order valence-electron chi connectivity index (χ2n) is 10.7. The quantitative estimate of drug-likeness (QED) is 0.666. The summed E-state index contributed by atoms with van der Waals surface area (Å²) in [5.74, 6) is -0.237. The molecule has 2 aliphatic heterocycles. The van der Waals surface area contributed by atoms with Gasteiger partial charge in [-0.05, 0) is 50.3 Å². The molecule has 9 heteroatoms. The number of nitrogens with one attached hydrogen (secondary N) is 1. The Morgan fingerprint density at radius 3 is 2.47 bits per heavy atom. The first-order valence-electron chi connectivity index (χ1n) is 12.8. The summed E-state index contributed by atoms with van der Waals surface area (Å²) in [7, 11) is 1.63. The highest BCUT2D eigenvalue weighted by Gasteiger charge is 2.46. The van der Waals surface area contributed by atoms with Crippen LogP contribution < -0.4 is 10.2 Å². The lowest BCUT2D eigenvalue weighted by Crippen LogP contribution is -2.62. The van der Waals surface area contributed by atoms with E-state index in [0.717, 1.165) is 19.5 Å². The third kappa shape index (κ3) is 4.83. The van der Waals surface area contributed by atoms with E-state index in [1.165, 1.54) is 26.4 Å². The van der Waals surface area contributed by atoms with Gasteiger partial charge >= 0.3 is 0 Å². The minimum absolute atomic E-state index is 0.184. The van der Waals surface area contributed by atoms with Gasteiger partial charge in [0, 0.05) is 51.5 Å². The number of fused-ring (bicyclic) bond motifs is 1. The number of piperazine rings is 1. The number of likely N-dealkylation sites (N-methyl/N-ethyl adjacent to an activating group) is 1. The molecule has 4 rings (SSSR count). The fraction of sp³-hybridized carbons (Fsp3) is 0.556. The molecule has 1 aromatic heterocycles. The Kier molecular flexibility index (Phi) is 7.11. The van der Waals surface area contributed by atoms with Crippen molar-refractivity contribution in [3.63, 3.8) is 0 Å². The van der Waals surface area contributed by atoms with E-state index in [2.05, 4.69) is 61.2 Å². The van der Waals surface area contributed by atoms with Crippen LogP contribution in [0.1, 0.15) is 59.3 Å². The van der Waals surface area contributed by atoms with Gasteiger partial charge in [0.1, 0.15) is 11.2 Å². The topological polar surface area (TPSA) is 90.8 Å². The second-order valence-corrected chi connectivity index (χ2v) is 10.7. The molecule has 3 heterocycles. The Morgan fingerprint density at radius 1 is 1.11 bits per heavy atom. The Labute approximate surface area is 213 Å². The van der Waals surface area contributed by atoms with Crippen molar-refractivity contribution < 1.29 is 14.4 Å². The summed E-state index contributed by atoms with van der Waals surface area (Å²) in [5, 5.41) is 7.44. The second kappa shape index (κ2) is 9.95. The van der Waals surface area contributed by atoms with Crippen molar-refractivity contribution in [2.45, 2.75) is 53.1 Å². The third-order valence-corrected chi connectivity index (χ3v) is 7.49. The molecule has 0 spiro atoms. The lowest BCUT2D eigenvalue weighted by atomic mass is 9.95. The number of nitrogens with zero attached hydrogens (tertiary/aromatic N) is 5. The molecular formula is C27H38N6O3. The van der Waals surface area contributed by atoms with Crippen LogP contribution in [0.2, 0.25) is 0 Å². The van der Waals surface area contributed by atoms with Gasteiger partial charge in [-0.15, -0.1) is 0 Å². The van der Waals surface area contributed by atoms with Gasteiger partial charge in [-0.25, -0.2) is 0 Å². The van der Waals surface area contributed by atoms with Crippen molar-refractivity contribution in [2.75, 3.05) is 44.7 Å². The van der Waals surface area contributed by atoms with Crippen LogP contribution in [-0.4, -0.2) is 82.6 Å². The summed E-state index contributed by atoms with van der Waals surface area (Å²) in [4.78, 5) is 45.0. The zero-order chi connectivity index (χ0) is 26.2. The van der Waals surface area contributed by atoms with Gasteiger partial charge in [-0.3, -0.25) is 19.1 Å². The zero-order valence-corrected chi connectivity index (χ0v) is 22.3. The van der Waals surface area contributed by atoms with Crippen LogP contribution >= 0.6 is 0 Å². The Morgan fingerprint density at radius 2 is 1.81 bits per heavy atom. The van der Waals surface area contributed by atoms with Crippen LogP contribution in [0, 0.1) is 19.8 Å². The highest BCUT2D eigenvalue weighted by Crippen LogP contribution is 2.27. The third-order valence-electron chi connectivity index (χ3n) is 7.49. The predicted molar refractivity (Wildman–Crippen MR) is 139 cm³/mol. The van der Waals surface area contributed by atoms with Crippen molar-refractivity contribution in [1.82, 2.24) is 24.9 Å². The first-order valence-corrected chi connectivity index (χ1v) is 12.8. The van der Waals surface area contributed by atoms with Crippen molar-refractivity contribution in [2.24, 2.45) is 5.92 Å². The number of benzene rings is 1. The maximum Gasteiger partial charge on any atom is 0.274 e. The predicted octanol–water partition coefficient (Wildman–Crippen LogP) is 2.47. The molecule has 36 heavy (non-hydrogen) atoms. The SMILES string of the molecule is Cc1ccc(C)c(N2CCN(C(=O)c3cc4n(n3)CC(C)(C(=O)NCCC(C)C)N(C)C4=O)CC2)c1. The van der Waals surface area contributed by atoms with Crippen molar-refractivity contribution in [3.8, 4) is 0 Å². The van der Waals surface area contributed by atoms with E-state index in [-0.39, 0.29) is 30.0 Å². The molecule has 1 saturated heterocycles. The maximum absolute atomic E-state index is 13.3. The molecule has 1 atom stereocenters. The summed E-state index contributed by atoms with van der Waals surface area (Å²) < 4.78 is 1.52. The molecule has 1 unspecified atom stereocenters. The van der Waals surface area contributed by atoms with Crippen LogP contribution in [0.15, 0.2) is 24.3 Å². The average Bonchev–Trinajstić information content (AvgIpc) is 3.27. The summed E-state index contributed by atoms with van der Waals surface area (Å²) in [6, 6.07) is 7.99. The molecule has 0 aliphatic carbocycles. The van der Waals surface area contributed by atoms with Gasteiger partial charge in [-0.1, -0.05) is 26.0 Å². The number of carbonyl (C=O) groups is 3. The molecule has 0 saturated carbocycles. The molecular weight excluding hydrogens is 456 g/mol. The summed E-state index contributed by atoms with van der Waals surface area (Å²) in [6.45, 7) is 13.5. The number of aromatic nitrogens is 2. The first kappa shape index (κ1) is 25.7. The molecule has 0 radical (unpaired) electrons. The molecule has 1 N–H and O–H groups in total. The van der Waals surface area contributed by atoms with Gasteiger partial charge in [0.25, 0.3) is 11.8 Å². The average molecular weight is 495 g/mol. The van der Waals surface area contributed by atoms with Gasteiger partial charge < -0.3 is 20.0 Å². The van der Waals surface area contributed by atoms with E-state index in [4.69, 9.17) is 0 Å². The Balaban J connectivity index is 1.45. The molecule has 2 aromatic rings. The summed E-state index contributed by atoms with van der Waals surface area (Å²) in [5.41, 5.74) is 3.15. The van der Waals surface area contributed by atoms with E-state index >= 15 is 0 Å². The zero-order valence-electron chi connectivity index (χ0n) is 22.3. The van der Waals surface area contributed by atoms with Gasteiger partial charge in [-0.2, -0.15) is 5.10 Å². The highest BCUT2D eigenvalue weighted by molar-refractivity contribution is 6.01. The standard InChI is InChI=1S/C27H38N6O3/c1-18(2)9-10-28-26(36)27(5)17-33-23(25(35)30(27)6)16-21(29-33)24(34)32-13-11-31(12-14-32)22-15-19(3)7-8-20(22)4/h7-8,15-16,18H,9-14,17H2,1-6H3,(H,28,36). The molecule has 9 nitrogen and oxygen atoms in total. The van der Waals surface area contributed by atoms with E-state index in [1.807, 2.05) is 0 Å². The molecule has 1 aromatic carbocycles. The smallest absolute Gasteiger partial charge is 0.274 e. The van der Waals surface area contributed by atoms with E-state index in [9.17, 15) is 14.4 Å². The van der Waals surface area contributed by atoms with Crippen LogP contribution in [-0.2, 0) is 11.3 Å². The minimum atomic E-state index is -1.08. The number of hydrogen-bond donors (Lipinski definition) is 1. The fourth-order valence-electron chi connectivity index (χ4n) is 4.87. The first-order chi connectivity index (χ1) is 17.0. The molecule has 1 fully saturated rings. The molecule has 194 valence electrons. The number of hydrogen-bond acceptors (Lipinski definition) is 5. The van der Waals surface area contributed by atoms with E-state index in [0.29, 0.717) is 31.2 Å². The minimum Gasteiger partial charge on any atom is -0.368 e. The van der Waals surface area contributed by atoms with Crippen LogP contribution in [0.25, 0.3) is 0 Å². The van der Waals surface area contributed by atoms with E-state index in [1.54, 1.807) is 24.9 Å². The number of rotatable bonds is 6. The van der Waals surface area contributed by atoms with Crippen LogP contribution in [0.3, 0.4) is 0 Å². The normalized spacial score (nSPS) is 20.1. The van der Waals surface area contributed by atoms with Crippen molar-refractivity contribution in [1.29, 1.82) is 0 Å². The largest absolute Gasteiger partial charge is 0.368 e. The van der Waals surface area contributed by atoms with Gasteiger partial charge in [0.15, 0.2) is 5.69 Å². The number of anilines is 1. The lowest BCUT2D eigenvalue weighted by Gasteiger charge is -2.40. The molecule has 0 bridgehead atoms. The van der Waals surface area contributed by atoms with Gasteiger partial charge in [0.2, 0.25) is 5.91 Å². The molecule has 3 amide bonds. The van der Waals surface area contributed by atoms with Crippen LogP contribution in [0.4, 0.5) is 5.69 Å². The fourth-order valence-corrected chi connectivity index (χ4v) is 4.87. The lowest BCUT2D eigenvalue weighted by molar-refractivity contribution is -0.132. The highest BCUT2D eigenvalue weighted by atomic mass is 16.2. The summed E-state index contributed by atoms with van der Waals surface area (Å²) in [6.07, 6.45) is 0.863. The Bertz CT molecular complexity index is 1160. The Hall–Kier alpha value is -3.36. The number of amides is 3. The number of carbonyl (C=O) groups excluding carboxylic acids is 3. The summed E-state index contributed by atoms with van der Waals surface area (Å²) >= 11 is 0. The maximum atomic E-state index is 13.3. The van der Waals surface area contributed by atoms with Crippen molar-refractivity contribution in [3.05, 3.63) is 46.8 Å². The van der Waals surface area contributed by atoms with Crippen LogP contribution in [0.5, 0.6) is 0 Å². The number of aryl methyl sites for hydroxylation is 2. The van der Waals surface area contributed by atoms with E-state index < -0.39 is 5.54 Å². The monoisotopic (exact) mass is 494 g/mol. The van der Waals surface area contributed by atoms with Crippen molar-refractivity contribution >= 4 is 23.4 Å². The van der Waals surface area contributed by atoms with Gasteiger partial charge in [0.05, 0.1) is 6.54 Å². The molecule has 2 aliphatic rings.